The van der Waals surface area contributed by atoms with E-state index in [1.807, 2.05) is 36.4 Å². The first kappa shape index (κ1) is 21.7. The van der Waals surface area contributed by atoms with Gasteiger partial charge in [0.1, 0.15) is 17.5 Å². The molecule has 0 spiro atoms. The largest absolute Gasteiger partial charge is 0.396 e. The van der Waals surface area contributed by atoms with Crippen LogP contribution in [0.3, 0.4) is 0 Å². The molecule has 3 fully saturated rings. The van der Waals surface area contributed by atoms with Crippen LogP contribution in [0.2, 0.25) is 0 Å². The number of ketones is 1. The van der Waals surface area contributed by atoms with Crippen molar-refractivity contribution in [3.05, 3.63) is 48.0 Å². The maximum Gasteiger partial charge on any atom is 0.184 e. The second-order valence-corrected chi connectivity index (χ2v) is 9.49. The number of Topliss-reactive ketones (excluding diaryl/α,β-unsaturated/α-hetero) is 1. The lowest BCUT2D eigenvalue weighted by atomic mass is 9.68. The number of allylic oxidation sites excluding steroid dienone is 1. The molecule has 0 aromatic heterocycles. The summed E-state index contributed by atoms with van der Waals surface area (Å²) in [5, 5.41) is 30.7. The lowest BCUT2D eigenvalue weighted by Gasteiger charge is -2.37. The minimum absolute atomic E-state index is 0.170. The number of benzene rings is 1. The van der Waals surface area contributed by atoms with Gasteiger partial charge in [-0.15, -0.1) is 0 Å². The quantitative estimate of drug-likeness (QED) is 0.591. The van der Waals surface area contributed by atoms with Crippen molar-refractivity contribution >= 4 is 5.78 Å². The molecule has 6 heteroatoms. The summed E-state index contributed by atoms with van der Waals surface area (Å²) in [6.07, 6.45) is 2.71. The van der Waals surface area contributed by atoms with Crippen LogP contribution in [0, 0.1) is 16.7 Å². The van der Waals surface area contributed by atoms with Crippen molar-refractivity contribution in [2.75, 3.05) is 6.61 Å². The van der Waals surface area contributed by atoms with Gasteiger partial charge in [0.05, 0.1) is 18.1 Å². The number of carbonyl (C=O) groups is 1. The molecule has 1 aliphatic heterocycles. The summed E-state index contributed by atoms with van der Waals surface area (Å²) in [7, 11) is 0. The number of fused-ring (bicyclic) bond motifs is 2. The van der Waals surface area contributed by atoms with E-state index < -0.39 is 29.5 Å². The lowest BCUT2D eigenvalue weighted by molar-refractivity contribution is -0.130. The van der Waals surface area contributed by atoms with Crippen molar-refractivity contribution in [1.82, 2.24) is 0 Å². The number of carbonyl (C=O) groups excluding carboxylic acids is 1. The second kappa shape index (κ2) is 7.84. The first-order chi connectivity index (χ1) is 14.3. The molecule has 1 aromatic rings. The fourth-order valence-corrected chi connectivity index (χ4v) is 5.76. The van der Waals surface area contributed by atoms with Crippen LogP contribution in [0.5, 0.6) is 0 Å². The molecular weight excluding hydrogens is 384 g/mol. The third kappa shape index (κ3) is 3.17. The standard InChI is InChI=1S/C24H32O6/c1-22(2)17-8-10-23(22,18(26)14-17)11-12-24(29-15-16-6-4-3-5-7-16)19(9-13-25)30-21(28)20(24)27/h3-7,11-12,17,19-21,25,27-28H,8-10,13-15H2,1-2H3/b12-11+/t17-,19-,20+,21?,23-,24-/m1/s1. The number of hydrogen-bond donors (Lipinski definition) is 3. The molecule has 2 aliphatic carbocycles. The highest BCUT2D eigenvalue weighted by atomic mass is 16.7. The van der Waals surface area contributed by atoms with Gasteiger partial charge in [-0.05, 0) is 29.7 Å². The maximum atomic E-state index is 12.9. The first-order valence-corrected chi connectivity index (χ1v) is 10.8. The SMILES string of the molecule is CC1(C)[C@@H]2CC[C@@]1(/C=C/[C@@]1(OCc3ccccc3)[C@@H](CCO)OC(O)[C@@H]1O)C(=O)C2. The Kier molecular flexibility index (Phi) is 5.66. The van der Waals surface area contributed by atoms with Gasteiger partial charge in [0.15, 0.2) is 6.29 Å². The van der Waals surface area contributed by atoms with Gasteiger partial charge < -0.3 is 24.8 Å². The minimum Gasteiger partial charge on any atom is -0.396 e. The Hall–Kier alpha value is -1.57. The van der Waals surface area contributed by atoms with E-state index in [-0.39, 0.29) is 30.8 Å². The highest BCUT2D eigenvalue weighted by Crippen LogP contribution is 2.64. The summed E-state index contributed by atoms with van der Waals surface area (Å²) in [6, 6.07) is 9.55. The Bertz CT molecular complexity index is 805. The third-order valence-electron chi connectivity index (χ3n) is 7.88. The van der Waals surface area contributed by atoms with Gasteiger partial charge in [-0.3, -0.25) is 4.79 Å². The summed E-state index contributed by atoms with van der Waals surface area (Å²) >= 11 is 0. The van der Waals surface area contributed by atoms with Crippen molar-refractivity contribution in [3.8, 4) is 0 Å². The average molecular weight is 417 g/mol. The Labute approximate surface area is 177 Å². The molecule has 4 rings (SSSR count). The molecule has 6 nitrogen and oxygen atoms in total. The lowest BCUT2D eigenvalue weighted by Crippen LogP contribution is -2.50. The van der Waals surface area contributed by atoms with Gasteiger partial charge >= 0.3 is 0 Å². The fourth-order valence-electron chi connectivity index (χ4n) is 5.76. The predicted octanol–water partition coefficient (Wildman–Crippen LogP) is 2.35. The van der Waals surface area contributed by atoms with Crippen molar-refractivity contribution in [2.24, 2.45) is 16.7 Å². The van der Waals surface area contributed by atoms with E-state index in [4.69, 9.17) is 9.47 Å². The zero-order chi connectivity index (χ0) is 21.6. The molecule has 2 saturated carbocycles. The predicted molar refractivity (Wildman–Crippen MR) is 110 cm³/mol. The van der Waals surface area contributed by atoms with Crippen molar-refractivity contribution in [3.63, 3.8) is 0 Å². The number of ether oxygens (including phenoxy) is 2. The Morgan fingerprint density at radius 3 is 2.53 bits per heavy atom. The van der Waals surface area contributed by atoms with Crippen molar-refractivity contribution < 1.29 is 29.6 Å². The normalized spacial score (nSPS) is 40.0. The van der Waals surface area contributed by atoms with E-state index in [2.05, 4.69) is 13.8 Å². The van der Waals surface area contributed by atoms with Crippen molar-refractivity contribution in [2.45, 2.75) is 70.2 Å². The summed E-state index contributed by atoms with van der Waals surface area (Å²) in [5.74, 6) is 0.588. The third-order valence-corrected chi connectivity index (χ3v) is 7.88. The molecule has 2 bridgehead atoms. The van der Waals surface area contributed by atoms with E-state index in [0.717, 1.165) is 18.4 Å². The second-order valence-electron chi connectivity index (χ2n) is 9.49. The molecule has 0 amide bonds. The number of hydrogen-bond acceptors (Lipinski definition) is 6. The van der Waals surface area contributed by atoms with Gasteiger partial charge in [0.25, 0.3) is 0 Å². The monoisotopic (exact) mass is 416 g/mol. The Morgan fingerprint density at radius 2 is 1.93 bits per heavy atom. The number of aliphatic hydroxyl groups excluding tert-OH is 3. The van der Waals surface area contributed by atoms with Crippen LogP contribution in [0.4, 0.5) is 0 Å². The molecular formula is C24H32O6. The number of aliphatic hydroxyl groups is 3. The summed E-state index contributed by atoms with van der Waals surface area (Å²) in [4.78, 5) is 12.9. The maximum absolute atomic E-state index is 12.9. The molecule has 1 heterocycles. The van der Waals surface area contributed by atoms with Gasteiger partial charge in [0, 0.05) is 19.4 Å². The summed E-state index contributed by atoms with van der Waals surface area (Å²) in [5.41, 5.74) is -1.21. The molecule has 1 aromatic carbocycles. The van der Waals surface area contributed by atoms with Crippen LogP contribution in [0.25, 0.3) is 0 Å². The molecule has 0 radical (unpaired) electrons. The van der Waals surface area contributed by atoms with Crippen LogP contribution >= 0.6 is 0 Å². The first-order valence-electron chi connectivity index (χ1n) is 10.8. The number of rotatable bonds is 7. The van der Waals surface area contributed by atoms with E-state index in [0.29, 0.717) is 12.3 Å². The van der Waals surface area contributed by atoms with Crippen molar-refractivity contribution in [1.29, 1.82) is 0 Å². The summed E-state index contributed by atoms with van der Waals surface area (Å²) in [6.45, 7) is 4.30. The van der Waals surface area contributed by atoms with Crippen LogP contribution in [-0.2, 0) is 20.9 Å². The van der Waals surface area contributed by atoms with E-state index >= 15 is 0 Å². The minimum atomic E-state index is -1.43. The molecule has 1 saturated heterocycles. The highest BCUT2D eigenvalue weighted by molar-refractivity contribution is 5.91. The fraction of sp³-hybridized carbons (Fsp3) is 0.625. The molecule has 1 unspecified atom stereocenters. The van der Waals surface area contributed by atoms with E-state index in [1.165, 1.54) is 0 Å². The zero-order valence-corrected chi connectivity index (χ0v) is 17.7. The molecule has 6 atom stereocenters. The summed E-state index contributed by atoms with van der Waals surface area (Å²) < 4.78 is 11.8. The average Bonchev–Trinajstić information content (AvgIpc) is 3.19. The van der Waals surface area contributed by atoms with Crippen LogP contribution in [-0.4, -0.2) is 51.8 Å². The Morgan fingerprint density at radius 1 is 1.20 bits per heavy atom. The molecule has 3 aliphatic rings. The van der Waals surface area contributed by atoms with Crippen LogP contribution in [0.1, 0.15) is 45.1 Å². The van der Waals surface area contributed by atoms with Gasteiger partial charge in [-0.2, -0.15) is 0 Å². The van der Waals surface area contributed by atoms with Crippen LogP contribution in [0.15, 0.2) is 42.5 Å². The van der Waals surface area contributed by atoms with Gasteiger partial charge in [-0.25, -0.2) is 0 Å². The topological polar surface area (TPSA) is 96.2 Å². The van der Waals surface area contributed by atoms with E-state index in [1.54, 1.807) is 6.08 Å². The van der Waals surface area contributed by atoms with Gasteiger partial charge in [-0.1, -0.05) is 56.3 Å². The molecule has 164 valence electrons. The smallest absolute Gasteiger partial charge is 0.184 e. The van der Waals surface area contributed by atoms with E-state index in [9.17, 15) is 20.1 Å². The van der Waals surface area contributed by atoms with Crippen LogP contribution < -0.4 is 0 Å². The Balaban J connectivity index is 1.70. The molecule has 30 heavy (non-hydrogen) atoms. The highest BCUT2D eigenvalue weighted by Gasteiger charge is 2.64. The zero-order valence-electron chi connectivity index (χ0n) is 17.7. The molecule has 3 N–H and O–H groups in total. The van der Waals surface area contributed by atoms with Gasteiger partial charge in [0.2, 0.25) is 0 Å².